The molecule has 1 unspecified atom stereocenters. The zero-order chi connectivity index (χ0) is 17.1. The molecular formula is C18H25N5O. The molecule has 0 aliphatic heterocycles. The summed E-state index contributed by atoms with van der Waals surface area (Å²) >= 11 is 0. The average molecular weight is 327 g/mol. The highest BCUT2D eigenvalue weighted by molar-refractivity contribution is 5.75. The molecule has 0 bridgehead atoms. The molecule has 1 fully saturated rings. The van der Waals surface area contributed by atoms with E-state index >= 15 is 0 Å². The first-order valence-corrected chi connectivity index (χ1v) is 8.57. The molecule has 1 aromatic heterocycles. The average Bonchev–Trinajstić information content (AvgIpc) is 3.25. The Morgan fingerprint density at radius 3 is 2.79 bits per heavy atom. The van der Waals surface area contributed by atoms with Crippen LogP contribution in [0.1, 0.15) is 39.2 Å². The number of nitrogens with zero attached hydrogens (tertiary/aromatic N) is 3. The van der Waals surface area contributed by atoms with Crippen LogP contribution in [0.4, 0.5) is 4.79 Å². The summed E-state index contributed by atoms with van der Waals surface area (Å²) in [7, 11) is 0. The summed E-state index contributed by atoms with van der Waals surface area (Å²) in [5, 5.41) is 9.80. The maximum atomic E-state index is 12.6. The number of nitrogens with one attached hydrogen (secondary N) is 2. The van der Waals surface area contributed by atoms with Crippen molar-refractivity contribution >= 4 is 6.03 Å². The number of aromatic nitrogens is 3. The van der Waals surface area contributed by atoms with Crippen molar-refractivity contribution < 1.29 is 4.79 Å². The monoisotopic (exact) mass is 327 g/mol. The van der Waals surface area contributed by atoms with E-state index in [2.05, 4.69) is 41.3 Å². The van der Waals surface area contributed by atoms with Crippen LogP contribution in [0.3, 0.4) is 0 Å². The van der Waals surface area contributed by atoms with Gasteiger partial charge in [-0.05, 0) is 37.3 Å². The van der Waals surface area contributed by atoms with Gasteiger partial charge < -0.3 is 10.2 Å². The zero-order valence-electron chi connectivity index (χ0n) is 14.5. The molecule has 1 aliphatic rings. The van der Waals surface area contributed by atoms with E-state index in [1.54, 1.807) is 0 Å². The fourth-order valence-electron chi connectivity index (χ4n) is 2.80. The van der Waals surface area contributed by atoms with Crippen molar-refractivity contribution in [3.8, 4) is 11.4 Å². The van der Waals surface area contributed by atoms with Crippen molar-refractivity contribution in [3.63, 3.8) is 0 Å². The summed E-state index contributed by atoms with van der Waals surface area (Å²) in [6, 6.07) is 8.66. The third-order valence-electron chi connectivity index (χ3n) is 4.64. The molecule has 1 aliphatic carbocycles. The van der Waals surface area contributed by atoms with Gasteiger partial charge in [-0.3, -0.25) is 5.10 Å². The second-order valence-electron chi connectivity index (χ2n) is 6.82. The van der Waals surface area contributed by atoms with Crippen molar-refractivity contribution in [1.82, 2.24) is 25.4 Å². The summed E-state index contributed by atoms with van der Waals surface area (Å²) in [6.07, 6.45) is 3.72. The highest BCUT2D eigenvalue weighted by Gasteiger charge is 2.36. The predicted octanol–water partition coefficient (Wildman–Crippen LogP) is 3.19. The second-order valence-corrected chi connectivity index (χ2v) is 6.82. The lowest BCUT2D eigenvalue weighted by Crippen LogP contribution is -2.48. The van der Waals surface area contributed by atoms with Crippen molar-refractivity contribution in [3.05, 3.63) is 36.2 Å². The van der Waals surface area contributed by atoms with E-state index in [-0.39, 0.29) is 12.1 Å². The van der Waals surface area contributed by atoms with Crippen LogP contribution in [0, 0.1) is 5.92 Å². The topological polar surface area (TPSA) is 73.9 Å². The molecule has 6 nitrogen and oxygen atoms in total. The molecule has 3 rings (SSSR count). The lowest BCUT2D eigenvalue weighted by Gasteiger charge is -2.32. The molecule has 2 N–H and O–H groups in total. The smallest absolute Gasteiger partial charge is 0.318 e. The molecule has 128 valence electrons. The first kappa shape index (κ1) is 16.5. The van der Waals surface area contributed by atoms with Crippen molar-refractivity contribution in [1.29, 1.82) is 0 Å². The van der Waals surface area contributed by atoms with E-state index in [1.165, 1.54) is 6.33 Å². The summed E-state index contributed by atoms with van der Waals surface area (Å²) < 4.78 is 0. The van der Waals surface area contributed by atoms with E-state index in [9.17, 15) is 4.79 Å². The highest BCUT2D eigenvalue weighted by atomic mass is 16.2. The van der Waals surface area contributed by atoms with Crippen LogP contribution in [0.15, 0.2) is 30.6 Å². The Labute approximate surface area is 142 Å². The van der Waals surface area contributed by atoms with E-state index in [0.29, 0.717) is 18.5 Å². The standard InChI is InChI=1S/C18H25N5O/c1-12(2)13(3)23(16-7-8-16)18(24)19-10-14-5-4-6-15(9-14)17-20-11-21-22-17/h4-6,9,11-13,16H,7-8,10H2,1-3H3,(H,19,24)(H,20,21,22). The molecule has 1 heterocycles. The molecule has 0 saturated heterocycles. The molecule has 2 aromatic rings. The molecule has 2 amide bonds. The Morgan fingerprint density at radius 2 is 2.17 bits per heavy atom. The van der Waals surface area contributed by atoms with Gasteiger partial charge in [-0.25, -0.2) is 9.78 Å². The fourth-order valence-corrected chi connectivity index (χ4v) is 2.80. The van der Waals surface area contributed by atoms with E-state index in [0.717, 1.165) is 29.8 Å². The van der Waals surface area contributed by atoms with E-state index in [4.69, 9.17) is 0 Å². The van der Waals surface area contributed by atoms with Crippen LogP contribution in [0.2, 0.25) is 0 Å². The number of carbonyl (C=O) groups is 1. The minimum atomic E-state index is 0.0313. The Kier molecular flexibility index (Phi) is 4.83. The number of aromatic amines is 1. The number of rotatable bonds is 6. The normalized spacial score (nSPS) is 15.3. The van der Waals surface area contributed by atoms with Gasteiger partial charge in [0.15, 0.2) is 5.82 Å². The van der Waals surface area contributed by atoms with Crippen LogP contribution < -0.4 is 5.32 Å². The predicted molar refractivity (Wildman–Crippen MR) is 93.2 cm³/mol. The van der Waals surface area contributed by atoms with Gasteiger partial charge in [-0.15, -0.1) is 0 Å². The third kappa shape index (κ3) is 3.75. The third-order valence-corrected chi connectivity index (χ3v) is 4.64. The summed E-state index contributed by atoms with van der Waals surface area (Å²) in [5.74, 6) is 1.18. The molecule has 1 atom stereocenters. The minimum absolute atomic E-state index is 0.0313. The summed E-state index contributed by atoms with van der Waals surface area (Å²) in [6.45, 7) is 6.96. The lowest BCUT2D eigenvalue weighted by atomic mass is 10.0. The maximum absolute atomic E-state index is 12.6. The number of H-pyrrole nitrogens is 1. The number of hydrogen-bond acceptors (Lipinski definition) is 3. The van der Waals surface area contributed by atoms with Gasteiger partial charge in [0.25, 0.3) is 0 Å². The Hall–Kier alpha value is -2.37. The maximum Gasteiger partial charge on any atom is 0.318 e. The van der Waals surface area contributed by atoms with E-state index < -0.39 is 0 Å². The molecule has 6 heteroatoms. The SMILES string of the molecule is CC(C)C(C)N(C(=O)NCc1cccc(-c2ncn[nH]2)c1)C1CC1. The van der Waals surface area contributed by atoms with Gasteiger partial charge in [0, 0.05) is 24.2 Å². The van der Waals surface area contributed by atoms with Gasteiger partial charge in [0.1, 0.15) is 6.33 Å². The summed E-state index contributed by atoms with van der Waals surface area (Å²) in [5.41, 5.74) is 2.01. The number of amides is 2. The van der Waals surface area contributed by atoms with Gasteiger partial charge in [-0.1, -0.05) is 32.0 Å². The Balaban J connectivity index is 1.64. The van der Waals surface area contributed by atoms with Crippen LogP contribution in [-0.4, -0.2) is 38.2 Å². The molecule has 0 radical (unpaired) electrons. The Bertz CT molecular complexity index is 678. The van der Waals surface area contributed by atoms with Gasteiger partial charge in [0.2, 0.25) is 0 Å². The largest absolute Gasteiger partial charge is 0.334 e. The molecule has 24 heavy (non-hydrogen) atoms. The Morgan fingerprint density at radius 1 is 1.38 bits per heavy atom. The van der Waals surface area contributed by atoms with Crippen molar-refractivity contribution in [2.24, 2.45) is 5.92 Å². The zero-order valence-corrected chi connectivity index (χ0v) is 14.5. The van der Waals surface area contributed by atoms with Gasteiger partial charge >= 0.3 is 6.03 Å². The summed E-state index contributed by atoms with van der Waals surface area (Å²) in [4.78, 5) is 18.8. The van der Waals surface area contributed by atoms with Crippen LogP contribution in [0.5, 0.6) is 0 Å². The number of urea groups is 1. The first-order chi connectivity index (χ1) is 11.6. The molecule has 1 saturated carbocycles. The molecular weight excluding hydrogens is 302 g/mol. The number of carbonyl (C=O) groups excluding carboxylic acids is 1. The number of hydrogen-bond donors (Lipinski definition) is 2. The molecule has 0 spiro atoms. The first-order valence-electron chi connectivity index (χ1n) is 8.57. The van der Waals surface area contributed by atoms with Crippen molar-refractivity contribution in [2.75, 3.05) is 0 Å². The lowest BCUT2D eigenvalue weighted by molar-refractivity contribution is 0.156. The van der Waals surface area contributed by atoms with Crippen molar-refractivity contribution in [2.45, 2.75) is 52.2 Å². The highest BCUT2D eigenvalue weighted by Crippen LogP contribution is 2.30. The number of benzene rings is 1. The van der Waals surface area contributed by atoms with Crippen LogP contribution >= 0.6 is 0 Å². The van der Waals surface area contributed by atoms with Crippen LogP contribution in [-0.2, 0) is 6.54 Å². The second kappa shape index (κ2) is 7.03. The van der Waals surface area contributed by atoms with Gasteiger partial charge in [0.05, 0.1) is 0 Å². The quantitative estimate of drug-likeness (QED) is 0.855. The fraction of sp³-hybridized carbons (Fsp3) is 0.500. The minimum Gasteiger partial charge on any atom is -0.334 e. The van der Waals surface area contributed by atoms with E-state index in [1.807, 2.05) is 29.2 Å². The molecule has 1 aromatic carbocycles. The van der Waals surface area contributed by atoms with Crippen LogP contribution in [0.25, 0.3) is 11.4 Å². The van der Waals surface area contributed by atoms with Gasteiger partial charge in [-0.2, -0.15) is 5.10 Å².